The van der Waals surface area contributed by atoms with Crippen molar-refractivity contribution < 1.29 is 0 Å². The summed E-state index contributed by atoms with van der Waals surface area (Å²) < 4.78 is 15.0. The van der Waals surface area contributed by atoms with Crippen molar-refractivity contribution in [3.8, 4) is 20.0 Å². The summed E-state index contributed by atoms with van der Waals surface area (Å²) in [7, 11) is 0. The SMILES string of the molecule is c1ccc(-c2[se]c(-c3ccccc3)c3c2N2c4ccc5c6c4B(c4cccc7c4N6c4c(cccc4[Se]5)[Se]7)c4ccc5c(c42)N3c2ccc3c4c2B5c2cccc5c2N4c2c(cccc2[Se]3)[Se]5)cc1. The molecule has 4 nitrogen and oxygen atoms in total. The second kappa shape index (κ2) is 12.8. The Morgan fingerprint density at radius 3 is 1.04 bits per heavy atom. The van der Waals surface area contributed by atoms with E-state index in [1.165, 1.54) is 157 Å². The molecule has 19 rings (SSSR count). The quantitative estimate of drug-likeness (QED) is 0.247. The molecule has 9 aromatic carbocycles. The summed E-state index contributed by atoms with van der Waals surface area (Å²) >= 11 is 0.892. The van der Waals surface area contributed by atoms with Gasteiger partial charge < -0.3 is 0 Å². The molecular weight excluding hydrogens is 1170 g/mol. The van der Waals surface area contributed by atoms with Gasteiger partial charge in [0.2, 0.25) is 0 Å². The van der Waals surface area contributed by atoms with Crippen LogP contribution in [0.15, 0.2) is 170 Å². The molecule has 0 N–H and O–H groups in total. The summed E-state index contributed by atoms with van der Waals surface area (Å²) in [5.74, 6) is 0. The van der Waals surface area contributed by atoms with Gasteiger partial charge >= 0.3 is 434 Å². The Labute approximate surface area is 429 Å². The molecule has 69 heavy (non-hydrogen) atoms. The molecule has 0 atom stereocenters. The van der Waals surface area contributed by atoms with E-state index in [-0.39, 0.29) is 87.8 Å². The van der Waals surface area contributed by atoms with Crippen LogP contribution in [0.25, 0.3) is 20.0 Å². The van der Waals surface area contributed by atoms with Crippen LogP contribution in [0.2, 0.25) is 0 Å². The van der Waals surface area contributed by atoms with Crippen LogP contribution in [0.4, 0.5) is 68.2 Å². The Bertz CT molecular complexity index is 3870. The number of benzene rings is 9. The Morgan fingerprint density at radius 1 is 0.261 bits per heavy atom. The molecule has 0 unspecified atom stereocenters. The van der Waals surface area contributed by atoms with Crippen LogP contribution in [0.3, 0.4) is 0 Å². The van der Waals surface area contributed by atoms with Crippen molar-refractivity contribution in [2.24, 2.45) is 0 Å². The first-order chi connectivity index (χ1) is 34.3. The van der Waals surface area contributed by atoms with E-state index >= 15 is 0 Å². The van der Waals surface area contributed by atoms with E-state index in [4.69, 9.17) is 0 Å². The molecule has 0 aliphatic carbocycles. The number of fused-ring (bicyclic) bond motifs is 9. The Morgan fingerprint density at radius 2 is 0.623 bits per heavy atom. The third kappa shape index (κ3) is 4.32. The molecular formula is C58H28B2N4Se5. The third-order valence-electron chi connectivity index (χ3n) is 15.9. The Hall–Kier alpha value is -5.61. The van der Waals surface area contributed by atoms with Gasteiger partial charge in [-0.05, 0) is 0 Å². The predicted octanol–water partition coefficient (Wildman–Crippen LogP) is 2.43. The van der Waals surface area contributed by atoms with Gasteiger partial charge in [-0.1, -0.05) is 0 Å². The summed E-state index contributed by atoms with van der Waals surface area (Å²) in [4.78, 5) is 11.2. The average molecular weight is 1200 g/mol. The maximum absolute atomic E-state index is 2.83. The zero-order chi connectivity index (χ0) is 44.1. The van der Waals surface area contributed by atoms with Crippen LogP contribution in [-0.2, 0) is 0 Å². The first-order valence-electron chi connectivity index (χ1n) is 23.5. The van der Waals surface area contributed by atoms with Gasteiger partial charge in [-0.2, -0.15) is 0 Å². The fourth-order valence-electron chi connectivity index (χ4n) is 13.5. The molecule has 0 amide bonds. The van der Waals surface area contributed by atoms with E-state index < -0.39 is 0 Å². The van der Waals surface area contributed by atoms with E-state index in [2.05, 4.69) is 189 Å². The van der Waals surface area contributed by atoms with Crippen molar-refractivity contribution >= 4 is 224 Å². The van der Waals surface area contributed by atoms with E-state index in [9.17, 15) is 0 Å². The van der Waals surface area contributed by atoms with Gasteiger partial charge in [0.15, 0.2) is 0 Å². The second-order valence-electron chi connectivity index (χ2n) is 19.0. The Kier molecular flexibility index (Phi) is 6.92. The predicted molar refractivity (Wildman–Crippen MR) is 296 cm³/mol. The summed E-state index contributed by atoms with van der Waals surface area (Å²) in [6.45, 7) is 0.225. The van der Waals surface area contributed by atoms with Crippen molar-refractivity contribution in [1.82, 2.24) is 0 Å². The molecule has 10 heterocycles. The van der Waals surface area contributed by atoms with Gasteiger partial charge in [-0.25, -0.2) is 0 Å². The first-order valence-corrected chi connectivity index (χ1v) is 32.1. The van der Waals surface area contributed by atoms with E-state index in [1.807, 2.05) is 0 Å². The fourth-order valence-corrected chi connectivity index (χ4v) is 26.2. The van der Waals surface area contributed by atoms with Crippen LogP contribution in [-0.4, -0.2) is 87.8 Å². The van der Waals surface area contributed by atoms with Crippen molar-refractivity contribution in [1.29, 1.82) is 0 Å². The second-order valence-corrected chi connectivity index (χ2v) is 30.3. The van der Waals surface area contributed by atoms with Crippen LogP contribution in [0.1, 0.15) is 0 Å². The van der Waals surface area contributed by atoms with Crippen LogP contribution in [0.5, 0.6) is 0 Å². The summed E-state index contributed by atoms with van der Waals surface area (Å²) in [5.41, 5.74) is 28.4. The maximum atomic E-state index is 2.83. The van der Waals surface area contributed by atoms with Crippen LogP contribution >= 0.6 is 0 Å². The molecule has 11 heteroatoms. The molecule has 0 fully saturated rings. The van der Waals surface area contributed by atoms with Gasteiger partial charge in [0, 0.05) is 0 Å². The molecule has 0 saturated carbocycles. The number of hydrogen-bond acceptors (Lipinski definition) is 4. The van der Waals surface area contributed by atoms with Gasteiger partial charge in [-0.3, -0.25) is 0 Å². The van der Waals surface area contributed by atoms with E-state index in [0.717, 1.165) is 0 Å². The van der Waals surface area contributed by atoms with Crippen molar-refractivity contribution in [2.75, 3.05) is 19.6 Å². The zero-order valence-corrected chi connectivity index (χ0v) is 44.7. The van der Waals surface area contributed by atoms with Gasteiger partial charge in [0.25, 0.3) is 0 Å². The van der Waals surface area contributed by atoms with Crippen LogP contribution < -0.4 is 88.1 Å². The molecule has 10 aromatic rings. The first kappa shape index (κ1) is 37.2. The molecule has 0 radical (unpaired) electrons. The van der Waals surface area contributed by atoms with Gasteiger partial charge in [0.05, 0.1) is 0 Å². The Balaban J connectivity index is 0.983. The molecule has 9 aliphatic heterocycles. The normalized spacial score (nSPS) is 15.7. The average Bonchev–Trinajstić information content (AvgIpc) is 3.80. The summed E-state index contributed by atoms with van der Waals surface area (Å²) in [5, 5.41) is 0. The number of rotatable bonds is 2. The number of nitrogens with zero attached hydrogens (tertiary/aromatic N) is 4. The number of hydrogen-bond donors (Lipinski definition) is 0. The molecule has 316 valence electrons. The fraction of sp³-hybridized carbons (Fsp3) is 0. The molecule has 9 aliphatic rings. The van der Waals surface area contributed by atoms with Crippen molar-refractivity contribution in [3.05, 3.63) is 170 Å². The van der Waals surface area contributed by atoms with E-state index in [0.29, 0.717) is 0 Å². The minimum absolute atomic E-state index is 0.00112. The zero-order valence-electron chi connectivity index (χ0n) is 36.2. The van der Waals surface area contributed by atoms with Crippen molar-refractivity contribution in [3.63, 3.8) is 0 Å². The molecule has 0 spiro atoms. The number of para-hydroxylation sites is 4. The van der Waals surface area contributed by atoms with Crippen molar-refractivity contribution in [2.45, 2.75) is 0 Å². The molecule has 1 aromatic heterocycles. The van der Waals surface area contributed by atoms with Gasteiger partial charge in [-0.15, -0.1) is 0 Å². The topological polar surface area (TPSA) is 13.0 Å². The minimum atomic E-state index is 0.00112. The molecule has 0 bridgehead atoms. The monoisotopic (exact) mass is 1200 g/mol. The number of anilines is 12. The summed E-state index contributed by atoms with van der Waals surface area (Å²) in [6, 6.07) is 67.1. The van der Waals surface area contributed by atoms with Gasteiger partial charge in [0.1, 0.15) is 0 Å². The third-order valence-corrected chi connectivity index (χ3v) is 27.7. The summed E-state index contributed by atoms with van der Waals surface area (Å²) in [6.07, 6.45) is 0. The van der Waals surface area contributed by atoms with E-state index in [1.54, 1.807) is 0 Å². The standard InChI is InChI=1S/C58H28B2N4Se5/c1-3-11-29(12-4-1)57-55-56(58(69-57)30-13-5-2-6-14-30)62-36-26-28-44-54-46(36)60(32-16-8-18-38-48(32)64(54)52-40(66-38)20-10-22-42(52)68-44)34-24-23-33-49(50(34)62)61(55)35-25-27-43-53-45(35)59(33)31-15-7-17-37-47(31)63(53)51-39(65-37)19-9-21-41(51)67-43/h1-28H. The molecule has 0 saturated heterocycles. The van der Waals surface area contributed by atoms with Crippen LogP contribution in [0, 0.1) is 0 Å².